The number of carbonyl (C=O) groups is 2. The lowest BCUT2D eigenvalue weighted by Gasteiger charge is -2.33. The summed E-state index contributed by atoms with van der Waals surface area (Å²) in [4.78, 5) is 24.9. The van der Waals surface area contributed by atoms with Gasteiger partial charge < -0.3 is 18.9 Å². The van der Waals surface area contributed by atoms with E-state index >= 15 is 0 Å². The Labute approximate surface area is 121 Å². The number of hydrogen-bond acceptors (Lipinski definition) is 6. The minimum atomic E-state index is -2.02. The maximum absolute atomic E-state index is 13.9. The number of carbonyl (C=O) groups excluding carboxylic acids is 2. The first-order valence-corrected chi connectivity index (χ1v) is 6.50. The lowest BCUT2D eigenvalue weighted by atomic mass is 9.97. The Morgan fingerprint density at radius 2 is 2.10 bits per heavy atom. The smallest absolute Gasteiger partial charge is 0.331 e. The molecular formula is C13H18FNO6. The molecule has 0 saturated carbocycles. The molecule has 0 aromatic rings. The van der Waals surface area contributed by atoms with E-state index in [0.29, 0.717) is 18.1 Å². The standard InChI is InChI=1S/C13H18FNO6/c1-4-8(13(2)20-5-6-21-13)10(16)15-9(11(17)18-3)7-19-12(15)14/h4,8-9,12H,1,5-7H2,2-3H3/t8?,9-,12+/m1/s1. The molecule has 21 heavy (non-hydrogen) atoms. The highest BCUT2D eigenvalue weighted by Gasteiger charge is 2.50. The minimum Gasteiger partial charge on any atom is -0.467 e. The first kappa shape index (κ1) is 15.9. The summed E-state index contributed by atoms with van der Waals surface area (Å²) in [6.45, 7) is 3.51. The Hall–Kier alpha value is -1.51. The molecule has 0 aromatic heterocycles. The lowest BCUT2D eigenvalue weighted by Crippen LogP contribution is -2.52. The molecule has 0 bridgehead atoms. The number of rotatable bonds is 4. The third-order valence-corrected chi connectivity index (χ3v) is 3.60. The van der Waals surface area contributed by atoms with Crippen molar-refractivity contribution in [3.8, 4) is 0 Å². The third-order valence-electron chi connectivity index (χ3n) is 3.60. The van der Waals surface area contributed by atoms with Gasteiger partial charge in [-0.05, 0) is 6.92 Å². The van der Waals surface area contributed by atoms with Gasteiger partial charge in [-0.25, -0.2) is 4.79 Å². The highest BCUT2D eigenvalue weighted by Crippen LogP contribution is 2.33. The van der Waals surface area contributed by atoms with E-state index in [9.17, 15) is 14.0 Å². The Morgan fingerprint density at radius 1 is 1.48 bits per heavy atom. The van der Waals surface area contributed by atoms with Gasteiger partial charge in [-0.1, -0.05) is 6.08 Å². The molecule has 8 heteroatoms. The molecule has 0 N–H and O–H groups in total. The highest BCUT2D eigenvalue weighted by atomic mass is 19.1. The van der Waals surface area contributed by atoms with Crippen LogP contribution in [0, 0.1) is 5.92 Å². The fourth-order valence-electron chi connectivity index (χ4n) is 2.45. The van der Waals surface area contributed by atoms with E-state index in [4.69, 9.17) is 14.2 Å². The van der Waals surface area contributed by atoms with Crippen molar-refractivity contribution in [2.75, 3.05) is 26.9 Å². The van der Waals surface area contributed by atoms with Crippen molar-refractivity contribution in [1.82, 2.24) is 4.90 Å². The van der Waals surface area contributed by atoms with Crippen LogP contribution in [0.2, 0.25) is 0 Å². The summed E-state index contributed by atoms with van der Waals surface area (Å²) in [6.07, 6.45) is 1.31. The van der Waals surface area contributed by atoms with Crippen LogP contribution in [0.3, 0.4) is 0 Å². The number of nitrogens with zero attached hydrogens (tertiary/aromatic N) is 1. The second-order valence-electron chi connectivity index (χ2n) is 4.84. The lowest BCUT2D eigenvalue weighted by molar-refractivity contribution is -0.192. The minimum absolute atomic E-state index is 0.262. The number of halogens is 1. The van der Waals surface area contributed by atoms with Crippen molar-refractivity contribution in [2.45, 2.75) is 25.2 Å². The topological polar surface area (TPSA) is 74.3 Å². The van der Waals surface area contributed by atoms with Crippen molar-refractivity contribution in [3.63, 3.8) is 0 Å². The van der Waals surface area contributed by atoms with E-state index in [1.165, 1.54) is 6.08 Å². The van der Waals surface area contributed by atoms with Gasteiger partial charge in [0.05, 0.1) is 26.9 Å². The van der Waals surface area contributed by atoms with Gasteiger partial charge in [-0.3, -0.25) is 9.69 Å². The van der Waals surface area contributed by atoms with Crippen LogP contribution in [0.4, 0.5) is 4.39 Å². The molecule has 0 spiro atoms. The summed E-state index contributed by atoms with van der Waals surface area (Å²) >= 11 is 0. The molecule has 118 valence electrons. The summed E-state index contributed by atoms with van der Waals surface area (Å²) in [7, 11) is 1.16. The van der Waals surface area contributed by atoms with Crippen molar-refractivity contribution in [3.05, 3.63) is 12.7 Å². The van der Waals surface area contributed by atoms with E-state index in [2.05, 4.69) is 11.3 Å². The quantitative estimate of drug-likeness (QED) is 0.420. The average Bonchev–Trinajstić information content (AvgIpc) is 3.05. The summed E-state index contributed by atoms with van der Waals surface area (Å²) in [5.41, 5.74) is 0. The molecule has 2 heterocycles. The number of methoxy groups -OCH3 is 1. The molecule has 1 unspecified atom stereocenters. The zero-order chi connectivity index (χ0) is 15.6. The highest BCUT2D eigenvalue weighted by molar-refractivity contribution is 5.88. The normalized spacial score (nSPS) is 29.2. The molecule has 2 fully saturated rings. The summed E-state index contributed by atoms with van der Waals surface area (Å²) < 4.78 is 34.0. The number of hydrogen-bond donors (Lipinski definition) is 0. The van der Waals surface area contributed by atoms with Gasteiger partial charge >= 0.3 is 5.97 Å². The molecule has 1 amide bonds. The molecule has 2 aliphatic heterocycles. The predicted molar refractivity (Wildman–Crippen MR) is 67.5 cm³/mol. The van der Waals surface area contributed by atoms with Crippen molar-refractivity contribution in [1.29, 1.82) is 0 Å². The molecule has 0 aliphatic carbocycles. The largest absolute Gasteiger partial charge is 0.467 e. The molecule has 3 atom stereocenters. The van der Waals surface area contributed by atoms with Gasteiger partial charge in [0.25, 0.3) is 6.48 Å². The average molecular weight is 303 g/mol. The molecule has 2 saturated heterocycles. The van der Waals surface area contributed by atoms with Gasteiger partial charge in [0, 0.05) is 0 Å². The molecule has 2 aliphatic rings. The van der Waals surface area contributed by atoms with Crippen LogP contribution in [0.1, 0.15) is 6.92 Å². The maximum Gasteiger partial charge on any atom is 0.331 e. The predicted octanol–water partition coefficient (Wildman–Crippen LogP) is 0.205. The van der Waals surface area contributed by atoms with Crippen LogP contribution in [0.25, 0.3) is 0 Å². The summed E-state index contributed by atoms with van der Waals surface area (Å²) in [6, 6.07) is -1.13. The number of ether oxygens (including phenoxy) is 4. The van der Waals surface area contributed by atoms with E-state index in [-0.39, 0.29) is 6.61 Å². The van der Waals surface area contributed by atoms with Crippen LogP contribution >= 0.6 is 0 Å². The van der Waals surface area contributed by atoms with Gasteiger partial charge in [0.2, 0.25) is 5.91 Å². The fourth-order valence-corrected chi connectivity index (χ4v) is 2.45. The molecule has 7 nitrogen and oxygen atoms in total. The van der Waals surface area contributed by atoms with E-state index in [1.54, 1.807) is 6.92 Å². The zero-order valence-electron chi connectivity index (χ0n) is 11.9. The first-order valence-electron chi connectivity index (χ1n) is 6.50. The zero-order valence-corrected chi connectivity index (χ0v) is 11.9. The van der Waals surface area contributed by atoms with Crippen LogP contribution in [-0.4, -0.2) is 62.0 Å². The SMILES string of the molecule is C=CC(C(=O)N1[C@H](F)OC[C@@H]1C(=O)OC)C1(C)OCCO1. The first-order chi connectivity index (χ1) is 9.94. The second kappa shape index (κ2) is 6.08. The summed E-state index contributed by atoms with van der Waals surface area (Å²) in [5.74, 6) is -3.64. The van der Waals surface area contributed by atoms with Crippen molar-refractivity contribution in [2.24, 2.45) is 5.92 Å². The number of esters is 1. The monoisotopic (exact) mass is 303 g/mol. The Bertz CT molecular complexity index is 436. The van der Waals surface area contributed by atoms with Crippen molar-refractivity contribution >= 4 is 11.9 Å². The van der Waals surface area contributed by atoms with E-state index in [1.807, 2.05) is 0 Å². The van der Waals surface area contributed by atoms with Crippen LogP contribution in [0.15, 0.2) is 12.7 Å². The Balaban J connectivity index is 2.23. The van der Waals surface area contributed by atoms with E-state index < -0.39 is 36.1 Å². The van der Waals surface area contributed by atoms with Gasteiger partial charge in [-0.15, -0.1) is 6.58 Å². The third kappa shape index (κ3) is 2.78. The Kier molecular flexibility index (Phi) is 4.60. The maximum atomic E-state index is 13.9. The second-order valence-corrected chi connectivity index (χ2v) is 4.84. The molecule has 0 radical (unpaired) electrons. The molecular weight excluding hydrogens is 285 g/mol. The van der Waals surface area contributed by atoms with Gasteiger partial charge in [0.1, 0.15) is 5.92 Å². The molecule has 0 aromatic carbocycles. The Morgan fingerprint density at radius 3 is 2.62 bits per heavy atom. The number of amides is 1. The fraction of sp³-hybridized carbons (Fsp3) is 0.692. The van der Waals surface area contributed by atoms with Gasteiger partial charge in [-0.2, -0.15) is 4.39 Å². The van der Waals surface area contributed by atoms with Crippen LogP contribution < -0.4 is 0 Å². The van der Waals surface area contributed by atoms with Gasteiger partial charge in [0.15, 0.2) is 11.8 Å². The number of alkyl halides is 1. The molecule has 2 rings (SSSR count). The van der Waals surface area contributed by atoms with Crippen LogP contribution in [-0.2, 0) is 28.5 Å². The van der Waals surface area contributed by atoms with Crippen LogP contribution in [0.5, 0.6) is 0 Å². The van der Waals surface area contributed by atoms with Crippen molar-refractivity contribution < 1.29 is 32.9 Å². The summed E-state index contributed by atoms with van der Waals surface area (Å²) in [5, 5.41) is 0. The van der Waals surface area contributed by atoms with E-state index in [0.717, 1.165) is 7.11 Å².